The molecule has 7 nitrogen and oxygen atoms in total. The molecule has 0 unspecified atom stereocenters. The summed E-state index contributed by atoms with van der Waals surface area (Å²) in [6.45, 7) is 7.14. The number of hydrogen-bond acceptors (Lipinski definition) is 6. The average Bonchev–Trinajstić information content (AvgIpc) is 3.35. The van der Waals surface area contributed by atoms with Crippen LogP contribution >= 0.6 is 34.5 Å². The molecule has 0 atom stereocenters. The van der Waals surface area contributed by atoms with Gasteiger partial charge in [-0.15, -0.1) is 36.1 Å². The molecular formula is C32H33Cl2F3N2O5S2. The van der Waals surface area contributed by atoms with Gasteiger partial charge in [0, 0.05) is 38.5 Å². The molecule has 0 saturated heterocycles. The number of unbranched alkanes of at least 4 members (excludes halogenated alkanes) is 1. The van der Waals surface area contributed by atoms with Crippen LogP contribution in [-0.2, 0) is 15.4 Å². The average molecular weight is 718 g/mol. The van der Waals surface area contributed by atoms with Crippen molar-refractivity contribution in [3.63, 3.8) is 0 Å². The van der Waals surface area contributed by atoms with E-state index in [1.165, 1.54) is 23.5 Å². The predicted octanol–water partition coefficient (Wildman–Crippen LogP) is 9.58. The topological polar surface area (TPSA) is 93.7 Å². The maximum atomic E-state index is 13.3. The molecule has 0 saturated carbocycles. The summed E-state index contributed by atoms with van der Waals surface area (Å²) in [6.07, 6.45) is -4.15. The first-order chi connectivity index (χ1) is 21.4. The summed E-state index contributed by atoms with van der Waals surface area (Å²) in [7, 11) is -3.55. The SMILES string of the molecule is CC(C)Oc1cc(OC(F)(F)F)cc(C(C)(C)c2cc(Cl)cc(NC(=O)c3cc4cc(NS(=O)(=O)CCCCCl)ccc4s3)c2)c1. The Kier molecular flexibility index (Phi) is 11.1. The monoisotopic (exact) mass is 716 g/mol. The molecular weight excluding hydrogens is 684 g/mol. The van der Waals surface area contributed by atoms with E-state index in [1.54, 1.807) is 62.4 Å². The Morgan fingerprint density at radius 3 is 2.30 bits per heavy atom. The largest absolute Gasteiger partial charge is 0.573 e. The number of ether oxygens (including phenoxy) is 2. The van der Waals surface area contributed by atoms with Crippen LogP contribution < -0.4 is 19.5 Å². The Labute approximate surface area is 280 Å². The van der Waals surface area contributed by atoms with E-state index in [0.717, 1.165) is 4.70 Å². The van der Waals surface area contributed by atoms with E-state index in [-0.39, 0.29) is 17.6 Å². The predicted molar refractivity (Wildman–Crippen MR) is 180 cm³/mol. The number of amides is 1. The summed E-state index contributed by atoms with van der Waals surface area (Å²) >= 11 is 13.3. The number of hydrogen-bond donors (Lipinski definition) is 2. The van der Waals surface area contributed by atoms with Crippen molar-refractivity contribution in [2.75, 3.05) is 21.7 Å². The number of fused-ring (bicyclic) bond motifs is 1. The number of carbonyl (C=O) groups is 1. The van der Waals surface area contributed by atoms with E-state index in [0.29, 0.717) is 56.5 Å². The third kappa shape index (κ3) is 9.66. The van der Waals surface area contributed by atoms with E-state index < -0.39 is 33.5 Å². The molecule has 46 heavy (non-hydrogen) atoms. The standard InChI is InChI=1S/C32H33Cl2F3N2O5S2/c1-19(2)43-26-15-22(16-27(18-26)44-32(35,36)37)31(3,4)21-13-23(34)17-25(14-21)38-30(40)29-12-20-11-24(7-8-28(20)45-29)39-46(41,42)10-6-5-9-33/h7-8,11-19,39H,5-6,9-10H2,1-4H3,(H,38,40). The van der Waals surface area contributed by atoms with Gasteiger partial charge in [-0.1, -0.05) is 25.4 Å². The smallest absolute Gasteiger partial charge is 0.491 e. The second-order valence-electron chi connectivity index (χ2n) is 11.4. The van der Waals surface area contributed by atoms with Crippen molar-refractivity contribution in [1.29, 1.82) is 0 Å². The molecule has 0 radical (unpaired) electrons. The lowest BCUT2D eigenvalue weighted by Crippen LogP contribution is -2.22. The van der Waals surface area contributed by atoms with Crippen LogP contribution in [0.25, 0.3) is 10.1 Å². The fourth-order valence-electron chi connectivity index (χ4n) is 4.68. The van der Waals surface area contributed by atoms with Gasteiger partial charge in [0.15, 0.2) is 0 Å². The molecule has 248 valence electrons. The number of sulfonamides is 1. The quantitative estimate of drug-likeness (QED) is 0.106. The summed E-state index contributed by atoms with van der Waals surface area (Å²) in [6, 6.07) is 15.8. The van der Waals surface area contributed by atoms with E-state index in [4.69, 9.17) is 27.9 Å². The van der Waals surface area contributed by atoms with Gasteiger partial charge in [0.2, 0.25) is 10.0 Å². The number of benzene rings is 3. The van der Waals surface area contributed by atoms with Crippen LogP contribution in [-0.4, -0.2) is 38.4 Å². The van der Waals surface area contributed by atoms with Crippen molar-refractivity contribution in [3.05, 3.63) is 81.7 Å². The molecule has 2 N–H and O–H groups in total. The van der Waals surface area contributed by atoms with Gasteiger partial charge in [-0.25, -0.2) is 8.42 Å². The molecule has 0 aliphatic heterocycles. The zero-order chi connectivity index (χ0) is 33.9. The van der Waals surface area contributed by atoms with Crippen molar-refractivity contribution >= 4 is 71.9 Å². The Morgan fingerprint density at radius 2 is 1.63 bits per heavy atom. The normalized spacial score (nSPS) is 12.4. The van der Waals surface area contributed by atoms with Gasteiger partial charge in [-0.2, -0.15) is 0 Å². The third-order valence-corrected chi connectivity index (χ3v) is 9.87. The van der Waals surface area contributed by atoms with Crippen LogP contribution in [0.5, 0.6) is 11.5 Å². The first kappa shape index (κ1) is 35.7. The van der Waals surface area contributed by atoms with E-state index in [2.05, 4.69) is 14.8 Å². The van der Waals surface area contributed by atoms with E-state index in [9.17, 15) is 26.4 Å². The fourth-order valence-corrected chi connectivity index (χ4v) is 7.22. The first-order valence-electron chi connectivity index (χ1n) is 14.2. The molecule has 4 rings (SSSR count). The highest BCUT2D eigenvalue weighted by molar-refractivity contribution is 7.92. The van der Waals surface area contributed by atoms with Crippen LogP contribution in [0.4, 0.5) is 24.5 Å². The van der Waals surface area contributed by atoms with Gasteiger partial charge in [-0.05, 0) is 97.8 Å². The molecule has 1 heterocycles. The van der Waals surface area contributed by atoms with Gasteiger partial charge in [0.1, 0.15) is 11.5 Å². The second-order valence-corrected chi connectivity index (χ2v) is 15.1. The zero-order valence-corrected chi connectivity index (χ0v) is 28.6. The summed E-state index contributed by atoms with van der Waals surface area (Å²) in [5, 5.41) is 3.84. The lowest BCUT2D eigenvalue weighted by Gasteiger charge is -2.28. The van der Waals surface area contributed by atoms with Crippen LogP contribution in [0.2, 0.25) is 5.02 Å². The molecule has 0 aliphatic rings. The van der Waals surface area contributed by atoms with Gasteiger partial charge in [0.25, 0.3) is 5.91 Å². The highest BCUT2D eigenvalue weighted by atomic mass is 35.5. The van der Waals surface area contributed by atoms with Gasteiger partial charge in [0.05, 0.1) is 16.7 Å². The zero-order valence-electron chi connectivity index (χ0n) is 25.4. The molecule has 0 spiro atoms. The number of anilines is 2. The molecule has 1 amide bonds. The van der Waals surface area contributed by atoms with Crippen LogP contribution in [0.1, 0.15) is 61.3 Å². The fraction of sp³-hybridized carbons (Fsp3) is 0.344. The number of carbonyl (C=O) groups excluding carboxylic acids is 1. The summed E-state index contributed by atoms with van der Waals surface area (Å²) in [5.74, 6) is -0.284. The molecule has 0 aliphatic carbocycles. The molecule has 1 aromatic heterocycles. The molecule has 3 aromatic carbocycles. The Morgan fingerprint density at radius 1 is 0.935 bits per heavy atom. The molecule has 14 heteroatoms. The van der Waals surface area contributed by atoms with Crippen molar-refractivity contribution in [3.8, 4) is 11.5 Å². The molecule has 4 aromatic rings. The summed E-state index contributed by atoms with van der Waals surface area (Å²) in [5.41, 5.74) is 0.963. The van der Waals surface area contributed by atoms with Crippen molar-refractivity contribution in [2.24, 2.45) is 0 Å². The number of rotatable bonds is 13. The minimum Gasteiger partial charge on any atom is -0.491 e. The highest BCUT2D eigenvalue weighted by Gasteiger charge is 2.33. The maximum absolute atomic E-state index is 13.3. The number of alkyl halides is 4. The minimum absolute atomic E-state index is 0.0485. The lowest BCUT2D eigenvalue weighted by atomic mass is 9.78. The Hall–Kier alpha value is -3.19. The highest BCUT2D eigenvalue weighted by Crippen LogP contribution is 2.40. The summed E-state index contributed by atoms with van der Waals surface area (Å²) in [4.78, 5) is 13.7. The van der Waals surface area contributed by atoms with Crippen molar-refractivity contribution < 1.29 is 35.9 Å². The van der Waals surface area contributed by atoms with Gasteiger partial charge < -0.3 is 14.8 Å². The van der Waals surface area contributed by atoms with Crippen molar-refractivity contribution in [1.82, 2.24) is 0 Å². The first-order valence-corrected chi connectivity index (χ1v) is 17.6. The number of halogens is 5. The van der Waals surface area contributed by atoms with Crippen molar-refractivity contribution in [2.45, 2.75) is 58.4 Å². The number of nitrogens with one attached hydrogen (secondary N) is 2. The third-order valence-electron chi connectivity index (χ3n) is 6.89. The summed E-state index contributed by atoms with van der Waals surface area (Å²) < 4.78 is 77.4. The maximum Gasteiger partial charge on any atom is 0.573 e. The Bertz CT molecular complexity index is 1830. The van der Waals surface area contributed by atoms with E-state index >= 15 is 0 Å². The van der Waals surface area contributed by atoms with Gasteiger partial charge in [-0.3, -0.25) is 9.52 Å². The minimum atomic E-state index is -4.89. The number of thiophene rings is 1. The van der Waals surface area contributed by atoms with Crippen LogP contribution in [0.3, 0.4) is 0 Å². The molecule has 0 fully saturated rings. The van der Waals surface area contributed by atoms with Crippen LogP contribution in [0, 0.1) is 0 Å². The van der Waals surface area contributed by atoms with E-state index in [1.807, 2.05) is 13.8 Å². The molecule has 0 bridgehead atoms. The lowest BCUT2D eigenvalue weighted by molar-refractivity contribution is -0.274. The second kappa shape index (κ2) is 14.3. The van der Waals surface area contributed by atoms with Crippen LogP contribution in [0.15, 0.2) is 60.7 Å². The Balaban J connectivity index is 1.58. The van der Waals surface area contributed by atoms with Gasteiger partial charge >= 0.3 is 6.36 Å².